The summed E-state index contributed by atoms with van der Waals surface area (Å²) < 4.78 is 5.60. The highest BCUT2D eigenvalue weighted by Gasteiger charge is 2.19. The average molecular weight is 411 g/mol. The number of thioether (sulfide) groups is 1. The molecule has 0 aliphatic carbocycles. The zero-order valence-electron chi connectivity index (χ0n) is 16.3. The van der Waals surface area contributed by atoms with Crippen molar-refractivity contribution in [1.82, 2.24) is 15.8 Å². The first-order chi connectivity index (χ1) is 13.9. The molecule has 0 spiro atoms. The third-order valence-corrected chi connectivity index (χ3v) is 5.38. The van der Waals surface area contributed by atoms with Crippen molar-refractivity contribution in [2.75, 3.05) is 19.8 Å². The van der Waals surface area contributed by atoms with Crippen LogP contribution >= 0.6 is 11.8 Å². The molecule has 0 saturated carbocycles. The summed E-state index contributed by atoms with van der Waals surface area (Å²) in [4.78, 5) is 39.0. The van der Waals surface area contributed by atoms with Gasteiger partial charge in [0.15, 0.2) is 5.76 Å². The van der Waals surface area contributed by atoms with Gasteiger partial charge in [0.1, 0.15) is 5.58 Å². The minimum atomic E-state index is -0.542. The molecule has 3 aromatic rings. The minimum Gasteiger partial charge on any atom is -0.451 e. The van der Waals surface area contributed by atoms with Crippen molar-refractivity contribution in [2.45, 2.75) is 11.8 Å². The Bertz CT molecular complexity index is 1070. The number of amides is 3. The van der Waals surface area contributed by atoms with Crippen molar-refractivity contribution in [3.8, 4) is 0 Å². The molecule has 3 rings (SSSR count). The Hall–Kier alpha value is -3.26. The Morgan fingerprint density at radius 1 is 0.966 bits per heavy atom. The summed E-state index contributed by atoms with van der Waals surface area (Å²) in [6.45, 7) is 1.79. The maximum absolute atomic E-state index is 12.6. The molecule has 0 saturated heterocycles. The molecule has 150 valence electrons. The number of nitrogens with one attached hydrogen (secondary N) is 2. The number of rotatable bonds is 5. The van der Waals surface area contributed by atoms with Gasteiger partial charge in [-0.05, 0) is 25.1 Å². The van der Waals surface area contributed by atoms with E-state index in [9.17, 15) is 14.4 Å². The molecule has 1 aromatic heterocycles. The van der Waals surface area contributed by atoms with E-state index < -0.39 is 11.8 Å². The van der Waals surface area contributed by atoms with E-state index in [0.717, 1.165) is 5.39 Å². The predicted octanol–water partition coefficient (Wildman–Crippen LogP) is 3.00. The number of hydrogen-bond acceptors (Lipinski definition) is 5. The first-order valence-electron chi connectivity index (χ1n) is 8.89. The van der Waals surface area contributed by atoms with Crippen molar-refractivity contribution in [1.29, 1.82) is 0 Å². The lowest BCUT2D eigenvalue weighted by molar-refractivity contribution is -0.125. The highest BCUT2D eigenvalue weighted by atomic mass is 32.2. The Morgan fingerprint density at radius 3 is 2.34 bits per heavy atom. The fourth-order valence-corrected chi connectivity index (χ4v) is 3.71. The number of aryl methyl sites for hydroxylation is 1. The van der Waals surface area contributed by atoms with Gasteiger partial charge in [-0.15, -0.1) is 11.8 Å². The van der Waals surface area contributed by atoms with E-state index in [1.807, 2.05) is 18.2 Å². The van der Waals surface area contributed by atoms with Gasteiger partial charge in [0.25, 0.3) is 5.91 Å². The topological polar surface area (TPSA) is 91.7 Å². The van der Waals surface area contributed by atoms with Gasteiger partial charge in [-0.1, -0.05) is 30.3 Å². The van der Waals surface area contributed by atoms with Crippen molar-refractivity contribution in [3.63, 3.8) is 0 Å². The van der Waals surface area contributed by atoms with Crippen LogP contribution in [-0.4, -0.2) is 42.5 Å². The SMILES string of the molecule is Cc1c(C(=O)NNC(=O)c2ccccc2SCC(=O)N(C)C)oc2ccccc12. The zero-order chi connectivity index (χ0) is 21.0. The van der Waals surface area contributed by atoms with Crippen LogP contribution in [0, 0.1) is 6.92 Å². The summed E-state index contributed by atoms with van der Waals surface area (Å²) >= 11 is 1.26. The first kappa shape index (κ1) is 20.5. The van der Waals surface area contributed by atoms with Gasteiger partial charge in [-0.2, -0.15) is 0 Å². The third-order valence-electron chi connectivity index (χ3n) is 4.32. The highest BCUT2D eigenvalue weighted by molar-refractivity contribution is 8.00. The molecular weight excluding hydrogens is 390 g/mol. The molecule has 0 radical (unpaired) electrons. The molecule has 0 bridgehead atoms. The van der Waals surface area contributed by atoms with E-state index in [0.29, 0.717) is 21.6 Å². The van der Waals surface area contributed by atoms with Crippen LogP contribution in [0.15, 0.2) is 57.8 Å². The van der Waals surface area contributed by atoms with E-state index in [1.165, 1.54) is 16.7 Å². The number of furan rings is 1. The van der Waals surface area contributed by atoms with Crippen LogP contribution in [0.5, 0.6) is 0 Å². The van der Waals surface area contributed by atoms with Gasteiger partial charge in [0.05, 0.1) is 11.3 Å². The smallest absolute Gasteiger partial charge is 0.305 e. The third kappa shape index (κ3) is 4.60. The van der Waals surface area contributed by atoms with E-state index in [-0.39, 0.29) is 17.4 Å². The number of para-hydroxylation sites is 1. The highest BCUT2D eigenvalue weighted by Crippen LogP contribution is 2.25. The summed E-state index contributed by atoms with van der Waals surface area (Å²) in [5.74, 6) is -0.723. The summed E-state index contributed by atoms with van der Waals surface area (Å²) in [6.07, 6.45) is 0. The summed E-state index contributed by atoms with van der Waals surface area (Å²) in [5.41, 5.74) is 6.48. The van der Waals surface area contributed by atoms with E-state index in [2.05, 4.69) is 10.9 Å². The van der Waals surface area contributed by atoms with Gasteiger partial charge in [-0.3, -0.25) is 25.2 Å². The maximum Gasteiger partial charge on any atom is 0.305 e. The molecule has 2 N–H and O–H groups in total. The summed E-state index contributed by atoms with van der Waals surface area (Å²) in [5, 5.41) is 0.844. The quantitative estimate of drug-likeness (QED) is 0.497. The number of carbonyl (C=O) groups is 3. The van der Waals surface area contributed by atoms with Gasteiger partial charge in [0.2, 0.25) is 5.91 Å². The molecule has 0 unspecified atom stereocenters. The molecule has 0 aliphatic heterocycles. The van der Waals surface area contributed by atoms with E-state index in [1.54, 1.807) is 51.4 Å². The van der Waals surface area contributed by atoms with E-state index in [4.69, 9.17) is 4.42 Å². The van der Waals surface area contributed by atoms with E-state index >= 15 is 0 Å². The molecule has 0 atom stereocenters. The predicted molar refractivity (Wildman–Crippen MR) is 112 cm³/mol. The number of hydrazine groups is 1. The van der Waals surface area contributed by atoms with Crippen molar-refractivity contribution >= 4 is 40.5 Å². The average Bonchev–Trinajstić information content (AvgIpc) is 3.07. The fraction of sp³-hybridized carbons (Fsp3) is 0.190. The number of nitrogens with zero attached hydrogens (tertiary/aromatic N) is 1. The lowest BCUT2D eigenvalue weighted by Crippen LogP contribution is -2.41. The normalized spacial score (nSPS) is 10.6. The number of fused-ring (bicyclic) bond motifs is 1. The number of carbonyl (C=O) groups excluding carboxylic acids is 3. The van der Waals surface area contributed by atoms with Crippen LogP contribution in [0.25, 0.3) is 11.0 Å². The second-order valence-corrected chi connectivity index (χ2v) is 7.55. The lowest BCUT2D eigenvalue weighted by atomic mass is 10.1. The van der Waals surface area contributed by atoms with Crippen LogP contribution in [0.3, 0.4) is 0 Å². The fourth-order valence-electron chi connectivity index (χ4n) is 2.68. The molecule has 3 amide bonds. The van der Waals surface area contributed by atoms with Gasteiger partial charge < -0.3 is 9.32 Å². The Kier molecular flexibility index (Phi) is 6.23. The molecule has 29 heavy (non-hydrogen) atoms. The van der Waals surface area contributed by atoms with Crippen LogP contribution in [0.1, 0.15) is 26.5 Å². The lowest BCUT2D eigenvalue weighted by Gasteiger charge is -2.12. The van der Waals surface area contributed by atoms with Crippen LogP contribution in [0.2, 0.25) is 0 Å². The Balaban J connectivity index is 1.68. The summed E-state index contributed by atoms with van der Waals surface area (Å²) in [6, 6.07) is 14.2. The number of hydrogen-bond donors (Lipinski definition) is 2. The van der Waals surface area contributed by atoms with Crippen molar-refractivity contribution in [3.05, 3.63) is 65.4 Å². The van der Waals surface area contributed by atoms with Crippen molar-refractivity contribution < 1.29 is 18.8 Å². The largest absolute Gasteiger partial charge is 0.451 e. The molecule has 7 nitrogen and oxygen atoms in total. The molecule has 2 aromatic carbocycles. The van der Waals surface area contributed by atoms with Crippen LogP contribution < -0.4 is 10.9 Å². The van der Waals surface area contributed by atoms with Gasteiger partial charge in [0, 0.05) is 29.9 Å². The second kappa shape index (κ2) is 8.83. The molecular formula is C21H21N3O4S. The Morgan fingerprint density at radius 2 is 1.62 bits per heavy atom. The summed E-state index contributed by atoms with van der Waals surface area (Å²) in [7, 11) is 3.36. The molecule has 0 fully saturated rings. The Labute approximate surface area is 172 Å². The monoisotopic (exact) mass is 411 g/mol. The van der Waals surface area contributed by atoms with Crippen LogP contribution in [0.4, 0.5) is 0 Å². The van der Waals surface area contributed by atoms with Crippen LogP contribution in [-0.2, 0) is 4.79 Å². The maximum atomic E-state index is 12.6. The van der Waals surface area contributed by atoms with Crippen molar-refractivity contribution in [2.24, 2.45) is 0 Å². The van der Waals surface area contributed by atoms with Gasteiger partial charge >= 0.3 is 5.91 Å². The first-order valence-corrected chi connectivity index (χ1v) is 9.88. The van der Waals surface area contributed by atoms with Gasteiger partial charge in [-0.25, -0.2) is 0 Å². The standard InChI is InChI=1S/C21H21N3O4S/c1-13-14-8-4-6-10-16(14)28-19(13)21(27)23-22-20(26)15-9-5-7-11-17(15)29-12-18(25)24(2)3/h4-11H,12H2,1-3H3,(H,22,26)(H,23,27). The molecule has 0 aliphatic rings. The number of benzene rings is 2. The molecule has 1 heterocycles. The zero-order valence-corrected chi connectivity index (χ0v) is 17.1. The minimum absolute atomic E-state index is 0.0566. The molecule has 8 heteroatoms. The second-order valence-electron chi connectivity index (χ2n) is 6.53.